The van der Waals surface area contributed by atoms with Crippen LogP contribution in [0.1, 0.15) is 0 Å². The van der Waals surface area contributed by atoms with E-state index in [1.54, 1.807) is 6.08 Å². The first-order valence-electron chi connectivity index (χ1n) is 3.58. The van der Waals surface area contributed by atoms with Crippen molar-refractivity contribution < 1.29 is 19.0 Å². The second kappa shape index (κ2) is 2.73. The minimum Gasteiger partial charge on any atom is -0.423 e. The molecule has 0 amide bonds. The Hall–Kier alpha value is -1.13. The minimum absolute atomic E-state index is 0.336. The Kier molecular flexibility index (Phi) is 1.71. The van der Waals surface area contributed by atoms with E-state index in [1.807, 2.05) is 0 Å². The van der Waals surface area contributed by atoms with Crippen LogP contribution in [0.3, 0.4) is 0 Å². The summed E-state index contributed by atoms with van der Waals surface area (Å²) in [5, 5.41) is 0. The summed E-state index contributed by atoms with van der Waals surface area (Å²) in [6.45, 7) is 0.371. The fourth-order valence-electron chi connectivity index (χ4n) is 1.15. The number of hydrogen-bond acceptors (Lipinski definition) is 4. The van der Waals surface area contributed by atoms with Crippen LogP contribution in [0.2, 0.25) is 0 Å². The van der Waals surface area contributed by atoms with Crippen LogP contribution >= 0.6 is 0 Å². The molecule has 0 bridgehead atoms. The lowest BCUT2D eigenvalue weighted by Gasteiger charge is -2.18. The van der Waals surface area contributed by atoms with E-state index in [0.717, 1.165) is 5.57 Å². The standard InChI is InChI=1S/C8H8O4/c1-10-8-3-6-5(4-11-8)2-7(9)12-6/h2-3,8H,4H2,1H3. The van der Waals surface area contributed by atoms with Crippen LogP contribution in [0.4, 0.5) is 0 Å². The lowest BCUT2D eigenvalue weighted by Crippen LogP contribution is -2.19. The van der Waals surface area contributed by atoms with E-state index >= 15 is 0 Å². The molecule has 0 saturated heterocycles. The van der Waals surface area contributed by atoms with E-state index in [2.05, 4.69) is 0 Å². The van der Waals surface area contributed by atoms with Gasteiger partial charge >= 0.3 is 5.97 Å². The molecule has 2 aliphatic heterocycles. The molecule has 0 N–H and O–H groups in total. The Labute approximate surface area is 69.4 Å². The zero-order valence-corrected chi connectivity index (χ0v) is 6.57. The maximum atomic E-state index is 10.8. The monoisotopic (exact) mass is 168 g/mol. The third-order valence-corrected chi connectivity index (χ3v) is 1.74. The third-order valence-electron chi connectivity index (χ3n) is 1.74. The number of carbonyl (C=O) groups is 1. The summed E-state index contributed by atoms with van der Waals surface area (Å²) in [6, 6.07) is 0. The summed E-state index contributed by atoms with van der Waals surface area (Å²) in [4.78, 5) is 10.8. The smallest absolute Gasteiger partial charge is 0.336 e. The predicted molar refractivity (Wildman–Crippen MR) is 39.0 cm³/mol. The Bertz CT molecular complexity index is 277. The van der Waals surface area contributed by atoms with E-state index in [0.29, 0.717) is 12.4 Å². The molecular formula is C8H8O4. The molecule has 4 heteroatoms. The normalized spacial score (nSPS) is 27.4. The van der Waals surface area contributed by atoms with Crippen molar-refractivity contribution >= 4 is 5.97 Å². The van der Waals surface area contributed by atoms with Crippen LogP contribution < -0.4 is 0 Å². The van der Waals surface area contributed by atoms with E-state index in [9.17, 15) is 4.79 Å². The van der Waals surface area contributed by atoms with Gasteiger partial charge in [0.2, 0.25) is 0 Å². The van der Waals surface area contributed by atoms with Gasteiger partial charge in [-0.25, -0.2) is 4.79 Å². The van der Waals surface area contributed by atoms with Gasteiger partial charge in [0, 0.05) is 24.8 Å². The Morgan fingerprint density at radius 2 is 2.50 bits per heavy atom. The molecule has 0 fully saturated rings. The zero-order chi connectivity index (χ0) is 8.55. The van der Waals surface area contributed by atoms with Crippen molar-refractivity contribution in [1.29, 1.82) is 0 Å². The third kappa shape index (κ3) is 1.15. The molecule has 0 aromatic rings. The lowest BCUT2D eigenvalue weighted by molar-refractivity contribution is -0.132. The summed E-state index contributed by atoms with van der Waals surface area (Å²) in [5.41, 5.74) is 0.785. The number of esters is 1. The molecule has 2 aliphatic rings. The molecule has 0 radical (unpaired) electrons. The summed E-state index contributed by atoms with van der Waals surface area (Å²) in [5.74, 6) is 0.231. The molecule has 0 saturated carbocycles. The molecule has 4 nitrogen and oxygen atoms in total. The number of methoxy groups -OCH3 is 1. The highest BCUT2D eigenvalue weighted by atomic mass is 16.7. The van der Waals surface area contributed by atoms with Gasteiger partial charge in [0.05, 0.1) is 6.61 Å². The highest BCUT2D eigenvalue weighted by Gasteiger charge is 2.26. The van der Waals surface area contributed by atoms with Crippen molar-refractivity contribution in [3.63, 3.8) is 0 Å². The largest absolute Gasteiger partial charge is 0.423 e. The van der Waals surface area contributed by atoms with E-state index < -0.39 is 6.29 Å². The van der Waals surface area contributed by atoms with Gasteiger partial charge in [0.15, 0.2) is 6.29 Å². The van der Waals surface area contributed by atoms with E-state index in [1.165, 1.54) is 13.2 Å². The van der Waals surface area contributed by atoms with Crippen molar-refractivity contribution in [2.24, 2.45) is 0 Å². The molecule has 1 unspecified atom stereocenters. The van der Waals surface area contributed by atoms with Crippen LogP contribution in [0, 0.1) is 0 Å². The quantitative estimate of drug-likeness (QED) is 0.530. The number of fused-ring (bicyclic) bond motifs is 1. The summed E-state index contributed by atoms with van der Waals surface area (Å²) in [6.07, 6.45) is 2.67. The molecule has 0 aliphatic carbocycles. The second-order valence-corrected chi connectivity index (χ2v) is 2.54. The Morgan fingerprint density at radius 1 is 1.67 bits per heavy atom. The van der Waals surface area contributed by atoms with Crippen LogP contribution in [0.5, 0.6) is 0 Å². The molecule has 2 rings (SSSR count). The maximum Gasteiger partial charge on any atom is 0.336 e. The van der Waals surface area contributed by atoms with Crippen molar-refractivity contribution in [2.75, 3.05) is 13.7 Å². The van der Waals surface area contributed by atoms with Crippen LogP contribution in [0.25, 0.3) is 0 Å². The second-order valence-electron chi connectivity index (χ2n) is 2.54. The van der Waals surface area contributed by atoms with Crippen molar-refractivity contribution in [3.8, 4) is 0 Å². The van der Waals surface area contributed by atoms with Gasteiger partial charge in [-0.1, -0.05) is 0 Å². The molecule has 64 valence electrons. The molecule has 2 heterocycles. The first-order chi connectivity index (χ1) is 5.79. The summed E-state index contributed by atoms with van der Waals surface area (Å²) >= 11 is 0. The minimum atomic E-state index is -0.400. The maximum absolute atomic E-state index is 10.8. The zero-order valence-electron chi connectivity index (χ0n) is 6.57. The predicted octanol–water partition coefficient (Wildman–Crippen LogP) is 0.356. The van der Waals surface area contributed by atoms with E-state index in [-0.39, 0.29) is 5.97 Å². The van der Waals surface area contributed by atoms with Crippen LogP contribution in [0.15, 0.2) is 23.5 Å². The van der Waals surface area contributed by atoms with Crippen LogP contribution in [-0.2, 0) is 19.0 Å². The average molecular weight is 168 g/mol. The molecule has 1 atom stereocenters. The number of ether oxygens (including phenoxy) is 3. The highest BCUT2D eigenvalue weighted by molar-refractivity contribution is 5.88. The molecular weight excluding hydrogens is 160 g/mol. The first kappa shape index (κ1) is 7.52. The summed E-state index contributed by atoms with van der Waals surface area (Å²) < 4.78 is 15.0. The van der Waals surface area contributed by atoms with Crippen LogP contribution in [-0.4, -0.2) is 26.0 Å². The van der Waals surface area contributed by atoms with Gasteiger partial charge in [-0.2, -0.15) is 0 Å². The topological polar surface area (TPSA) is 44.8 Å². The molecule has 0 spiro atoms. The van der Waals surface area contributed by atoms with Crippen molar-refractivity contribution in [1.82, 2.24) is 0 Å². The fraction of sp³-hybridized carbons (Fsp3) is 0.375. The number of hydrogen-bond donors (Lipinski definition) is 0. The van der Waals surface area contributed by atoms with Gasteiger partial charge in [0.1, 0.15) is 5.76 Å². The van der Waals surface area contributed by atoms with Crippen molar-refractivity contribution in [3.05, 3.63) is 23.5 Å². The van der Waals surface area contributed by atoms with Gasteiger partial charge in [0.25, 0.3) is 0 Å². The van der Waals surface area contributed by atoms with Gasteiger partial charge < -0.3 is 14.2 Å². The number of carbonyl (C=O) groups excluding carboxylic acids is 1. The van der Waals surface area contributed by atoms with Crippen molar-refractivity contribution in [2.45, 2.75) is 6.29 Å². The molecule has 0 aromatic heterocycles. The average Bonchev–Trinajstić information content (AvgIpc) is 2.43. The van der Waals surface area contributed by atoms with Gasteiger partial charge in [-0.05, 0) is 0 Å². The Morgan fingerprint density at radius 3 is 3.25 bits per heavy atom. The molecule has 12 heavy (non-hydrogen) atoms. The SMILES string of the molecule is COC1C=C2OC(=O)C=C2CO1. The fourth-order valence-corrected chi connectivity index (χ4v) is 1.15. The summed E-state index contributed by atoms with van der Waals surface area (Å²) in [7, 11) is 1.53. The lowest BCUT2D eigenvalue weighted by atomic mass is 10.2. The highest BCUT2D eigenvalue weighted by Crippen LogP contribution is 2.25. The Balaban J connectivity index is 2.24. The van der Waals surface area contributed by atoms with Gasteiger partial charge in [-0.15, -0.1) is 0 Å². The molecule has 0 aromatic carbocycles. The van der Waals surface area contributed by atoms with E-state index in [4.69, 9.17) is 14.2 Å². The van der Waals surface area contributed by atoms with Gasteiger partial charge in [-0.3, -0.25) is 0 Å². The first-order valence-corrected chi connectivity index (χ1v) is 3.58. The number of rotatable bonds is 1.